The highest BCUT2D eigenvalue weighted by molar-refractivity contribution is 7.89. The van der Waals surface area contributed by atoms with Crippen molar-refractivity contribution in [3.05, 3.63) is 58.1 Å². The van der Waals surface area contributed by atoms with Gasteiger partial charge in [0.25, 0.3) is 0 Å². The number of rotatable bonds is 3. The van der Waals surface area contributed by atoms with Gasteiger partial charge in [0.1, 0.15) is 4.90 Å². The minimum absolute atomic E-state index is 0.0678. The predicted octanol–water partition coefficient (Wildman–Crippen LogP) is 5.69. The van der Waals surface area contributed by atoms with Crippen LogP contribution in [-0.2, 0) is 16.2 Å². The van der Waals surface area contributed by atoms with Crippen LogP contribution in [0.3, 0.4) is 0 Å². The first-order chi connectivity index (χ1) is 14.5. The minimum atomic E-state index is -4.48. The second-order valence-electron chi connectivity index (χ2n) is 8.17. The lowest BCUT2D eigenvalue weighted by atomic mass is 9.78. The van der Waals surface area contributed by atoms with E-state index in [0.29, 0.717) is 44.7 Å². The lowest BCUT2D eigenvalue weighted by molar-refractivity contribution is -0.137. The van der Waals surface area contributed by atoms with E-state index in [0.717, 1.165) is 12.5 Å². The van der Waals surface area contributed by atoms with Crippen LogP contribution in [0.4, 0.5) is 18.9 Å². The summed E-state index contributed by atoms with van der Waals surface area (Å²) >= 11 is 12.0. The average molecular weight is 493 g/mol. The highest BCUT2D eigenvalue weighted by Gasteiger charge is 2.43. The molecule has 31 heavy (non-hydrogen) atoms. The summed E-state index contributed by atoms with van der Waals surface area (Å²) in [7, 11) is -3.67. The molecule has 2 aliphatic heterocycles. The van der Waals surface area contributed by atoms with Crippen molar-refractivity contribution in [3.63, 3.8) is 0 Å². The number of benzene rings is 2. The van der Waals surface area contributed by atoms with E-state index in [1.54, 1.807) is 18.2 Å². The molecule has 10 heteroatoms. The minimum Gasteiger partial charge on any atom is -0.371 e. The van der Waals surface area contributed by atoms with Crippen molar-refractivity contribution in [1.82, 2.24) is 4.31 Å². The molecule has 0 unspecified atom stereocenters. The van der Waals surface area contributed by atoms with E-state index in [-0.39, 0.29) is 20.4 Å². The fourth-order valence-electron chi connectivity index (χ4n) is 4.49. The van der Waals surface area contributed by atoms with Gasteiger partial charge in [0.05, 0.1) is 15.6 Å². The maximum Gasteiger partial charge on any atom is 0.417 e. The number of alkyl halides is 3. The highest BCUT2D eigenvalue weighted by atomic mass is 35.5. The molecule has 0 aliphatic carbocycles. The zero-order valence-corrected chi connectivity index (χ0v) is 18.8. The van der Waals surface area contributed by atoms with Gasteiger partial charge < -0.3 is 4.90 Å². The number of hydrogen-bond acceptors (Lipinski definition) is 3. The fourth-order valence-corrected chi connectivity index (χ4v) is 6.70. The van der Waals surface area contributed by atoms with Gasteiger partial charge in [-0.1, -0.05) is 35.3 Å². The van der Waals surface area contributed by atoms with Crippen molar-refractivity contribution in [2.75, 3.05) is 31.1 Å². The molecule has 0 atom stereocenters. The van der Waals surface area contributed by atoms with Crippen LogP contribution in [-0.4, -0.2) is 38.9 Å². The molecule has 2 saturated heterocycles. The average Bonchev–Trinajstić information content (AvgIpc) is 3.11. The second-order valence-corrected chi connectivity index (χ2v) is 10.9. The third-order valence-electron chi connectivity index (χ3n) is 6.30. The van der Waals surface area contributed by atoms with Gasteiger partial charge in [0.2, 0.25) is 10.0 Å². The van der Waals surface area contributed by atoms with Crippen molar-refractivity contribution < 1.29 is 21.6 Å². The van der Waals surface area contributed by atoms with Crippen molar-refractivity contribution >= 4 is 38.9 Å². The van der Waals surface area contributed by atoms with E-state index in [9.17, 15) is 21.6 Å². The number of anilines is 1. The monoisotopic (exact) mass is 492 g/mol. The fraction of sp³-hybridized carbons (Fsp3) is 0.429. The lowest BCUT2D eigenvalue weighted by Gasteiger charge is -2.38. The van der Waals surface area contributed by atoms with Gasteiger partial charge in [0.15, 0.2) is 0 Å². The van der Waals surface area contributed by atoms with Gasteiger partial charge in [-0.05, 0) is 55.0 Å². The Morgan fingerprint density at radius 3 is 2.16 bits per heavy atom. The van der Waals surface area contributed by atoms with Gasteiger partial charge in [-0.15, -0.1) is 0 Å². The summed E-state index contributed by atoms with van der Waals surface area (Å²) in [6.45, 7) is 2.12. The SMILES string of the molecule is O=S(=O)(c1ccccc1Cl)N1CCC2(CCN(c3ccc(C(F)(F)F)c(Cl)c3)C2)CC1. The largest absolute Gasteiger partial charge is 0.417 e. The molecule has 0 amide bonds. The Hall–Kier alpha value is -1.48. The van der Waals surface area contributed by atoms with Gasteiger partial charge in [-0.25, -0.2) is 8.42 Å². The Labute approximate surface area is 189 Å². The molecule has 4 nitrogen and oxygen atoms in total. The standard InChI is InChI=1S/C21H21Cl2F3N2O2S/c22-17-3-1-2-4-19(17)31(29,30)28-11-8-20(9-12-28)7-10-27(14-20)15-5-6-16(18(23)13-15)21(24,25)26/h1-6,13H,7-12,14H2. The molecule has 2 aliphatic rings. The van der Waals surface area contributed by atoms with Gasteiger partial charge in [0, 0.05) is 31.9 Å². The molecule has 2 aromatic rings. The molecule has 0 bridgehead atoms. The van der Waals surface area contributed by atoms with Crippen LogP contribution in [0.15, 0.2) is 47.4 Å². The number of halogens is 5. The number of hydrogen-bond donors (Lipinski definition) is 0. The third kappa shape index (κ3) is 4.40. The van der Waals surface area contributed by atoms with Crippen LogP contribution in [0, 0.1) is 5.41 Å². The molecule has 0 N–H and O–H groups in total. The summed E-state index contributed by atoms with van der Waals surface area (Å²) < 4.78 is 66.3. The molecule has 2 fully saturated rings. The van der Waals surface area contributed by atoms with Gasteiger partial charge >= 0.3 is 6.18 Å². The first-order valence-corrected chi connectivity index (χ1v) is 12.1. The Balaban J connectivity index is 1.45. The van der Waals surface area contributed by atoms with Crippen LogP contribution in [0.5, 0.6) is 0 Å². The molecular formula is C21H21Cl2F3N2O2S. The van der Waals surface area contributed by atoms with E-state index < -0.39 is 21.8 Å². The number of piperidine rings is 1. The Bertz CT molecular complexity index is 1080. The van der Waals surface area contributed by atoms with Gasteiger partial charge in [-0.2, -0.15) is 17.5 Å². The molecule has 1 spiro atoms. The van der Waals surface area contributed by atoms with Crippen molar-refractivity contribution in [2.45, 2.75) is 30.3 Å². The number of nitrogens with zero attached hydrogens (tertiary/aromatic N) is 2. The molecule has 168 valence electrons. The van der Waals surface area contributed by atoms with Gasteiger partial charge in [-0.3, -0.25) is 0 Å². The first-order valence-electron chi connectivity index (χ1n) is 9.88. The zero-order chi connectivity index (χ0) is 22.4. The maximum atomic E-state index is 13.0. The zero-order valence-electron chi connectivity index (χ0n) is 16.5. The van der Waals surface area contributed by atoms with Crippen molar-refractivity contribution in [3.8, 4) is 0 Å². The van der Waals surface area contributed by atoms with Crippen LogP contribution in [0.1, 0.15) is 24.8 Å². The van der Waals surface area contributed by atoms with E-state index in [1.165, 1.54) is 22.5 Å². The quantitative estimate of drug-likeness (QED) is 0.552. The highest BCUT2D eigenvalue weighted by Crippen LogP contribution is 2.44. The number of sulfonamides is 1. The molecular weight excluding hydrogens is 472 g/mol. The summed E-state index contributed by atoms with van der Waals surface area (Å²) in [6, 6.07) is 10.2. The molecule has 4 rings (SSSR count). The van der Waals surface area contributed by atoms with E-state index >= 15 is 0 Å². The Morgan fingerprint density at radius 1 is 0.903 bits per heavy atom. The summed E-state index contributed by atoms with van der Waals surface area (Å²) in [5, 5.41) is -0.111. The molecule has 0 radical (unpaired) electrons. The Kier molecular flexibility index (Phi) is 5.96. The van der Waals surface area contributed by atoms with E-state index in [2.05, 4.69) is 0 Å². The summed E-state index contributed by atoms with van der Waals surface area (Å²) in [6.07, 6.45) is -2.27. The summed E-state index contributed by atoms with van der Waals surface area (Å²) in [5.74, 6) is 0. The molecule has 2 aromatic carbocycles. The Morgan fingerprint density at radius 2 is 1.55 bits per heavy atom. The summed E-state index contributed by atoms with van der Waals surface area (Å²) in [5.41, 5.74) is -0.257. The normalized spacial score (nSPS) is 19.8. The van der Waals surface area contributed by atoms with E-state index in [1.807, 2.05) is 4.90 Å². The van der Waals surface area contributed by atoms with Crippen molar-refractivity contribution in [1.29, 1.82) is 0 Å². The first kappa shape index (κ1) is 22.7. The topological polar surface area (TPSA) is 40.6 Å². The third-order valence-corrected chi connectivity index (χ3v) is 9.01. The van der Waals surface area contributed by atoms with Crippen LogP contribution >= 0.6 is 23.2 Å². The predicted molar refractivity (Wildman–Crippen MR) is 115 cm³/mol. The molecule has 0 aromatic heterocycles. The van der Waals surface area contributed by atoms with E-state index in [4.69, 9.17) is 23.2 Å². The van der Waals surface area contributed by atoms with Crippen LogP contribution < -0.4 is 4.90 Å². The van der Waals surface area contributed by atoms with Crippen LogP contribution in [0.2, 0.25) is 10.0 Å². The summed E-state index contributed by atoms with van der Waals surface area (Å²) in [4.78, 5) is 2.14. The maximum absolute atomic E-state index is 13.0. The molecule has 0 saturated carbocycles. The molecule has 2 heterocycles. The second kappa shape index (κ2) is 8.14. The smallest absolute Gasteiger partial charge is 0.371 e. The van der Waals surface area contributed by atoms with Crippen LogP contribution in [0.25, 0.3) is 0 Å². The lowest BCUT2D eigenvalue weighted by Crippen LogP contribution is -2.44. The van der Waals surface area contributed by atoms with Crippen molar-refractivity contribution in [2.24, 2.45) is 5.41 Å².